The summed E-state index contributed by atoms with van der Waals surface area (Å²) in [6.07, 6.45) is 0. The maximum atomic E-state index is 13.1. The molecular weight excluding hydrogens is 370 g/mol. The predicted octanol–water partition coefficient (Wildman–Crippen LogP) is 3.31. The van der Waals surface area contributed by atoms with Gasteiger partial charge >= 0.3 is 0 Å². The van der Waals surface area contributed by atoms with E-state index in [2.05, 4.69) is 10.4 Å². The van der Waals surface area contributed by atoms with Crippen LogP contribution in [0.3, 0.4) is 0 Å². The Morgan fingerprint density at radius 1 is 1.03 bits per heavy atom. The third-order valence-corrected chi connectivity index (χ3v) is 5.00. The lowest BCUT2D eigenvalue weighted by Gasteiger charge is -2.16. The van der Waals surface area contributed by atoms with Gasteiger partial charge in [0.05, 0.1) is 27.9 Å². The quantitative estimate of drug-likeness (QED) is 0.670. The molecule has 0 aliphatic carbocycles. The number of hydrogen-bond donors (Lipinski definition) is 2. The van der Waals surface area contributed by atoms with Gasteiger partial charge in [-0.25, -0.2) is 0 Å². The van der Waals surface area contributed by atoms with Crippen molar-refractivity contribution in [2.24, 2.45) is 0 Å². The average molecular weight is 389 g/mol. The first-order chi connectivity index (χ1) is 13.8. The molecule has 7 nitrogen and oxygen atoms in total. The van der Waals surface area contributed by atoms with E-state index in [0.717, 1.165) is 0 Å². The first kappa shape index (κ1) is 18.6. The summed E-state index contributed by atoms with van der Waals surface area (Å²) in [5, 5.41) is 11.4. The number of fused-ring (bicyclic) bond motifs is 3. The number of carbonyl (C=O) groups is 3. The van der Waals surface area contributed by atoms with Gasteiger partial charge in [0.2, 0.25) is 0 Å². The molecule has 3 aromatic rings. The number of phenolic OH excluding ortho intramolecular Hbond substituents is 1. The Bertz CT molecular complexity index is 1200. The summed E-state index contributed by atoms with van der Waals surface area (Å²) in [4.78, 5) is 43.4. The number of hydrogen-bond acceptors (Lipinski definition) is 5. The Labute approximate surface area is 166 Å². The number of imide groups is 1. The third-order valence-electron chi connectivity index (χ3n) is 5.00. The molecule has 0 unspecified atom stereocenters. The van der Waals surface area contributed by atoms with E-state index in [0.29, 0.717) is 27.2 Å². The Balaban J connectivity index is 1.80. The summed E-state index contributed by atoms with van der Waals surface area (Å²) in [7, 11) is 0. The van der Waals surface area contributed by atoms with Crippen LogP contribution in [0.2, 0.25) is 0 Å². The number of nitrogens with one attached hydrogen (secondary N) is 1. The van der Waals surface area contributed by atoms with Gasteiger partial charge in [-0.2, -0.15) is 5.01 Å². The first-order valence-electron chi connectivity index (χ1n) is 9.22. The highest BCUT2D eigenvalue weighted by Crippen LogP contribution is 2.34. The number of aromatic hydroxyl groups is 1. The van der Waals surface area contributed by atoms with Gasteiger partial charge in [0.1, 0.15) is 5.75 Å². The van der Waals surface area contributed by atoms with Gasteiger partial charge in [-0.3, -0.25) is 24.8 Å². The lowest BCUT2D eigenvalue weighted by Crippen LogP contribution is -2.46. The summed E-state index contributed by atoms with van der Waals surface area (Å²) in [5.74, 6) is -2.29. The maximum Gasteiger partial charge on any atom is 0.282 e. The van der Waals surface area contributed by atoms with Crippen LogP contribution in [-0.4, -0.2) is 32.8 Å². The van der Waals surface area contributed by atoms with Crippen LogP contribution in [0.25, 0.3) is 10.9 Å². The average Bonchev–Trinajstić information content (AvgIpc) is 2.94. The number of para-hydroxylation sites is 2. The summed E-state index contributed by atoms with van der Waals surface area (Å²) < 4.78 is 0. The molecule has 0 saturated heterocycles. The summed E-state index contributed by atoms with van der Waals surface area (Å²) >= 11 is 0. The third kappa shape index (κ3) is 2.82. The molecule has 2 heterocycles. The van der Waals surface area contributed by atoms with Crippen molar-refractivity contribution in [1.29, 1.82) is 0 Å². The zero-order valence-electron chi connectivity index (χ0n) is 16.2. The molecule has 1 aliphatic heterocycles. The zero-order valence-corrected chi connectivity index (χ0v) is 16.2. The lowest BCUT2D eigenvalue weighted by molar-refractivity contribution is 0.0517. The molecule has 0 radical (unpaired) electrons. The van der Waals surface area contributed by atoms with Crippen LogP contribution < -0.4 is 5.43 Å². The van der Waals surface area contributed by atoms with Crippen molar-refractivity contribution < 1.29 is 19.5 Å². The fourth-order valence-electron chi connectivity index (χ4n) is 3.51. The molecule has 1 aliphatic rings. The Morgan fingerprint density at radius 2 is 1.72 bits per heavy atom. The number of aryl methyl sites for hydroxylation is 1. The van der Waals surface area contributed by atoms with Gasteiger partial charge in [0, 0.05) is 5.39 Å². The monoisotopic (exact) mass is 389 g/mol. The number of pyridine rings is 1. The SMILES string of the molecule is Cc1cccc(C(=O)NN2C(=O)c3c(C(C)C)nc4ccccc4c3C2=O)c1O. The number of amides is 3. The lowest BCUT2D eigenvalue weighted by atomic mass is 9.97. The summed E-state index contributed by atoms with van der Waals surface area (Å²) in [6.45, 7) is 5.43. The van der Waals surface area contributed by atoms with Crippen molar-refractivity contribution in [3.05, 3.63) is 70.4 Å². The van der Waals surface area contributed by atoms with E-state index in [4.69, 9.17) is 0 Å². The molecule has 2 N–H and O–H groups in total. The highest BCUT2D eigenvalue weighted by molar-refractivity contribution is 6.27. The maximum absolute atomic E-state index is 13.1. The summed E-state index contributed by atoms with van der Waals surface area (Å²) in [5.41, 5.74) is 4.40. The van der Waals surface area contributed by atoms with E-state index < -0.39 is 17.7 Å². The normalized spacial score (nSPS) is 13.3. The molecular formula is C22H19N3O4. The van der Waals surface area contributed by atoms with E-state index in [1.165, 1.54) is 6.07 Å². The molecule has 1 aromatic heterocycles. The zero-order chi connectivity index (χ0) is 20.9. The number of phenols is 1. The number of benzene rings is 2. The molecule has 3 amide bonds. The molecule has 7 heteroatoms. The van der Waals surface area contributed by atoms with E-state index >= 15 is 0 Å². The number of hydrazine groups is 1. The van der Waals surface area contributed by atoms with E-state index in [1.807, 2.05) is 19.9 Å². The molecule has 0 saturated carbocycles. The molecule has 0 atom stereocenters. The van der Waals surface area contributed by atoms with Gasteiger partial charge in [-0.15, -0.1) is 0 Å². The van der Waals surface area contributed by atoms with Crippen LogP contribution in [-0.2, 0) is 0 Å². The van der Waals surface area contributed by atoms with Crippen LogP contribution in [0.5, 0.6) is 5.75 Å². The Kier molecular flexibility index (Phi) is 4.30. The summed E-state index contributed by atoms with van der Waals surface area (Å²) in [6, 6.07) is 11.8. The van der Waals surface area contributed by atoms with Gasteiger partial charge in [-0.05, 0) is 30.5 Å². The topological polar surface area (TPSA) is 99.6 Å². The van der Waals surface area contributed by atoms with Crippen molar-refractivity contribution in [3.8, 4) is 5.75 Å². The van der Waals surface area contributed by atoms with Gasteiger partial charge < -0.3 is 5.11 Å². The Morgan fingerprint density at radius 3 is 2.45 bits per heavy atom. The van der Waals surface area contributed by atoms with Gasteiger partial charge in [0.15, 0.2) is 0 Å². The predicted molar refractivity (Wildman–Crippen MR) is 107 cm³/mol. The largest absolute Gasteiger partial charge is 0.507 e. The number of nitrogens with zero attached hydrogens (tertiary/aromatic N) is 2. The highest BCUT2D eigenvalue weighted by Gasteiger charge is 2.41. The molecule has 0 fully saturated rings. The molecule has 29 heavy (non-hydrogen) atoms. The minimum atomic E-state index is -0.746. The van der Waals surface area contributed by atoms with Crippen molar-refractivity contribution in [1.82, 2.24) is 15.4 Å². The van der Waals surface area contributed by atoms with Crippen LogP contribution in [0.1, 0.15) is 62.1 Å². The van der Waals surface area contributed by atoms with Crippen LogP contribution >= 0.6 is 0 Å². The minimum Gasteiger partial charge on any atom is -0.507 e. The standard InChI is InChI=1S/C22H19N3O4/c1-11(2)18-17-16(13-8-4-5-10-15(13)23-18)21(28)25(22(17)29)24-20(27)14-9-6-7-12(3)19(14)26/h4-11,26H,1-3H3,(H,24,27). The van der Waals surface area contributed by atoms with Crippen molar-refractivity contribution in [2.75, 3.05) is 0 Å². The number of carbonyl (C=O) groups excluding carboxylic acids is 3. The molecule has 4 rings (SSSR count). The smallest absolute Gasteiger partial charge is 0.282 e. The number of rotatable bonds is 3. The fraction of sp³-hybridized carbons (Fsp3) is 0.182. The minimum absolute atomic E-state index is 0.0198. The van der Waals surface area contributed by atoms with Crippen molar-refractivity contribution in [2.45, 2.75) is 26.7 Å². The highest BCUT2D eigenvalue weighted by atomic mass is 16.3. The van der Waals surface area contributed by atoms with Gasteiger partial charge in [-0.1, -0.05) is 44.2 Å². The van der Waals surface area contributed by atoms with Gasteiger partial charge in [0.25, 0.3) is 17.7 Å². The Hall–Kier alpha value is -3.74. The van der Waals surface area contributed by atoms with E-state index in [9.17, 15) is 19.5 Å². The van der Waals surface area contributed by atoms with Crippen molar-refractivity contribution in [3.63, 3.8) is 0 Å². The second-order valence-corrected chi connectivity index (χ2v) is 7.28. The van der Waals surface area contributed by atoms with E-state index in [1.54, 1.807) is 37.3 Å². The molecule has 0 bridgehead atoms. The van der Waals surface area contributed by atoms with Crippen LogP contribution in [0, 0.1) is 6.92 Å². The van der Waals surface area contributed by atoms with Crippen LogP contribution in [0.4, 0.5) is 0 Å². The second kappa shape index (κ2) is 6.70. The number of aromatic nitrogens is 1. The molecule has 2 aromatic carbocycles. The first-order valence-corrected chi connectivity index (χ1v) is 9.22. The second-order valence-electron chi connectivity index (χ2n) is 7.28. The van der Waals surface area contributed by atoms with Crippen LogP contribution in [0.15, 0.2) is 42.5 Å². The van der Waals surface area contributed by atoms with Crippen molar-refractivity contribution >= 4 is 28.6 Å². The molecule has 0 spiro atoms. The fourth-order valence-corrected chi connectivity index (χ4v) is 3.51. The van der Waals surface area contributed by atoms with E-state index in [-0.39, 0.29) is 28.4 Å². The molecule has 146 valence electrons.